The summed E-state index contributed by atoms with van der Waals surface area (Å²) in [5.41, 5.74) is 0. The molecule has 4 heteroatoms. The predicted octanol–water partition coefficient (Wildman–Crippen LogP) is 4.54. The van der Waals surface area contributed by atoms with Crippen LogP contribution in [0.15, 0.2) is 6.07 Å². The monoisotopic (exact) mass is 289 g/mol. The molecule has 1 N–H and O–H groups in total. The minimum absolute atomic E-state index is 0.538. The molecule has 0 bridgehead atoms. The first-order chi connectivity index (χ1) is 9.54. The Morgan fingerprint density at radius 2 is 2.00 bits per heavy atom. The van der Waals surface area contributed by atoms with E-state index in [1.165, 1.54) is 29.5 Å². The maximum atomic E-state index is 4.65. The van der Waals surface area contributed by atoms with Gasteiger partial charge in [-0.05, 0) is 38.2 Å². The largest absolute Gasteiger partial charge is 0.366 e. The van der Waals surface area contributed by atoms with Crippen molar-refractivity contribution in [1.29, 1.82) is 0 Å². The van der Waals surface area contributed by atoms with E-state index in [1.54, 1.807) is 11.3 Å². The highest BCUT2D eigenvalue weighted by Gasteiger charge is 2.27. The number of fused-ring (bicyclic) bond motifs is 1. The second kappa shape index (κ2) is 5.32. The van der Waals surface area contributed by atoms with Gasteiger partial charge >= 0.3 is 0 Å². The first-order valence-electron chi connectivity index (χ1n) is 7.56. The van der Waals surface area contributed by atoms with Gasteiger partial charge in [0, 0.05) is 10.9 Å². The van der Waals surface area contributed by atoms with Crippen LogP contribution < -0.4 is 5.32 Å². The second-order valence-electron chi connectivity index (χ2n) is 6.21. The molecule has 2 aromatic heterocycles. The molecular formula is C16H23N3S. The number of nitrogens with zero attached hydrogens (tertiary/aromatic N) is 2. The highest BCUT2D eigenvalue weighted by molar-refractivity contribution is 7.18. The van der Waals surface area contributed by atoms with E-state index in [0.29, 0.717) is 12.0 Å². The molecule has 108 valence electrons. The van der Waals surface area contributed by atoms with E-state index < -0.39 is 0 Å². The number of anilines is 1. The van der Waals surface area contributed by atoms with Gasteiger partial charge in [-0.1, -0.05) is 26.7 Å². The standard InChI is InChI=1S/C16H23N3S/c1-9-6-5-7-14(11(9)3)19-15-13-8-10(2)20-16(13)18-12(4)17-15/h8-9,11,14H,5-7H2,1-4H3,(H,17,18,19). The summed E-state index contributed by atoms with van der Waals surface area (Å²) in [4.78, 5) is 11.6. The molecule has 1 aliphatic rings. The summed E-state index contributed by atoms with van der Waals surface area (Å²) in [7, 11) is 0. The van der Waals surface area contributed by atoms with Crippen molar-refractivity contribution in [2.24, 2.45) is 11.8 Å². The predicted molar refractivity (Wildman–Crippen MR) is 86.5 cm³/mol. The first-order valence-corrected chi connectivity index (χ1v) is 8.37. The number of aromatic nitrogens is 2. The van der Waals surface area contributed by atoms with Crippen molar-refractivity contribution in [3.05, 3.63) is 16.8 Å². The van der Waals surface area contributed by atoms with Gasteiger partial charge in [0.25, 0.3) is 0 Å². The summed E-state index contributed by atoms with van der Waals surface area (Å²) in [5, 5.41) is 4.90. The van der Waals surface area contributed by atoms with Crippen LogP contribution in [0, 0.1) is 25.7 Å². The summed E-state index contributed by atoms with van der Waals surface area (Å²) in [5.74, 6) is 3.39. The molecule has 1 aliphatic carbocycles. The van der Waals surface area contributed by atoms with Crippen LogP contribution in [0.25, 0.3) is 10.2 Å². The van der Waals surface area contributed by atoms with Crippen LogP contribution in [0.4, 0.5) is 5.82 Å². The van der Waals surface area contributed by atoms with Crippen LogP contribution in [-0.2, 0) is 0 Å². The normalized spacial score (nSPS) is 26.9. The minimum atomic E-state index is 0.538. The van der Waals surface area contributed by atoms with Gasteiger partial charge in [0.2, 0.25) is 0 Å². The molecule has 0 amide bonds. The number of hydrogen-bond acceptors (Lipinski definition) is 4. The maximum Gasteiger partial charge on any atom is 0.138 e. The van der Waals surface area contributed by atoms with Crippen molar-refractivity contribution in [3.63, 3.8) is 0 Å². The molecule has 0 saturated heterocycles. The Labute approximate surface area is 124 Å². The fraction of sp³-hybridized carbons (Fsp3) is 0.625. The lowest BCUT2D eigenvalue weighted by Crippen LogP contribution is -2.35. The zero-order valence-electron chi connectivity index (χ0n) is 12.7. The van der Waals surface area contributed by atoms with E-state index in [1.807, 2.05) is 6.92 Å². The van der Waals surface area contributed by atoms with Crippen molar-refractivity contribution in [3.8, 4) is 0 Å². The Balaban J connectivity index is 1.93. The highest BCUT2D eigenvalue weighted by atomic mass is 32.1. The summed E-state index contributed by atoms with van der Waals surface area (Å²) < 4.78 is 0. The number of aryl methyl sites for hydroxylation is 2. The van der Waals surface area contributed by atoms with Crippen LogP contribution >= 0.6 is 11.3 Å². The Kier molecular flexibility index (Phi) is 3.67. The number of hydrogen-bond donors (Lipinski definition) is 1. The fourth-order valence-corrected chi connectivity index (χ4v) is 4.15. The average Bonchev–Trinajstić information content (AvgIpc) is 2.75. The lowest BCUT2D eigenvalue weighted by atomic mass is 9.78. The Bertz CT molecular complexity index is 619. The summed E-state index contributed by atoms with van der Waals surface area (Å²) in [6.45, 7) is 8.85. The molecule has 2 aromatic rings. The Morgan fingerprint density at radius 3 is 2.80 bits per heavy atom. The zero-order chi connectivity index (χ0) is 14.3. The molecule has 2 heterocycles. The fourth-order valence-electron chi connectivity index (χ4n) is 3.22. The van der Waals surface area contributed by atoms with Crippen molar-refractivity contribution in [2.45, 2.75) is 53.0 Å². The molecule has 0 aliphatic heterocycles. The van der Waals surface area contributed by atoms with Crippen LogP contribution in [0.5, 0.6) is 0 Å². The van der Waals surface area contributed by atoms with Crippen molar-refractivity contribution in [2.75, 3.05) is 5.32 Å². The van der Waals surface area contributed by atoms with Gasteiger partial charge in [0.05, 0.1) is 5.39 Å². The summed E-state index contributed by atoms with van der Waals surface area (Å²) >= 11 is 1.75. The molecule has 0 aromatic carbocycles. The molecule has 3 atom stereocenters. The minimum Gasteiger partial charge on any atom is -0.366 e. The third kappa shape index (κ3) is 2.53. The molecule has 0 spiro atoms. The quantitative estimate of drug-likeness (QED) is 0.881. The van der Waals surface area contributed by atoms with Gasteiger partial charge < -0.3 is 5.32 Å². The van der Waals surface area contributed by atoms with Crippen molar-refractivity contribution in [1.82, 2.24) is 9.97 Å². The van der Waals surface area contributed by atoms with Crippen molar-refractivity contribution >= 4 is 27.4 Å². The Morgan fingerprint density at radius 1 is 1.20 bits per heavy atom. The third-order valence-corrected chi connectivity index (χ3v) is 5.60. The van der Waals surface area contributed by atoms with Gasteiger partial charge in [-0.25, -0.2) is 9.97 Å². The summed E-state index contributed by atoms with van der Waals surface area (Å²) in [6, 6.07) is 2.75. The lowest BCUT2D eigenvalue weighted by molar-refractivity contribution is 0.253. The van der Waals surface area contributed by atoms with Gasteiger partial charge in [0.15, 0.2) is 0 Å². The van der Waals surface area contributed by atoms with E-state index in [2.05, 4.69) is 42.1 Å². The molecule has 1 fully saturated rings. The van der Waals surface area contributed by atoms with E-state index in [4.69, 9.17) is 0 Å². The topological polar surface area (TPSA) is 37.8 Å². The van der Waals surface area contributed by atoms with Crippen molar-refractivity contribution < 1.29 is 0 Å². The number of nitrogens with one attached hydrogen (secondary N) is 1. The molecule has 3 rings (SSSR count). The van der Waals surface area contributed by atoms with E-state index in [-0.39, 0.29) is 0 Å². The smallest absolute Gasteiger partial charge is 0.138 e. The second-order valence-corrected chi connectivity index (χ2v) is 7.45. The average molecular weight is 289 g/mol. The van der Waals surface area contributed by atoms with Crippen LogP contribution in [0.2, 0.25) is 0 Å². The van der Waals surface area contributed by atoms with Gasteiger partial charge in [0.1, 0.15) is 16.5 Å². The SMILES string of the molecule is Cc1nc(NC2CCCC(C)C2C)c2cc(C)sc2n1. The van der Waals surface area contributed by atoms with Gasteiger partial charge in [-0.3, -0.25) is 0 Å². The summed E-state index contributed by atoms with van der Waals surface area (Å²) in [6.07, 6.45) is 3.92. The zero-order valence-corrected chi connectivity index (χ0v) is 13.5. The van der Waals surface area contributed by atoms with Gasteiger partial charge in [-0.2, -0.15) is 0 Å². The maximum absolute atomic E-state index is 4.65. The molecule has 3 unspecified atom stereocenters. The first kappa shape index (κ1) is 13.8. The lowest BCUT2D eigenvalue weighted by Gasteiger charge is -2.35. The Hall–Kier alpha value is -1.16. The van der Waals surface area contributed by atoms with Gasteiger partial charge in [-0.15, -0.1) is 11.3 Å². The van der Waals surface area contributed by atoms with E-state index in [0.717, 1.165) is 22.4 Å². The number of rotatable bonds is 2. The highest BCUT2D eigenvalue weighted by Crippen LogP contribution is 2.34. The molecule has 20 heavy (non-hydrogen) atoms. The molecule has 0 radical (unpaired) electrons. The van der Waals surface area contributed by atoms with E-state index in [9.17, 15) is 0 Å². The van der Waals surface area contributed by atoms with E-state index >= 15 is 0 Å². The van der Waals surface area contributed by atoms with Crippen LogP contribution in [-0.4, -0.2) is 16.0 Å². The van der Waals surface area contributed by atoms with Crippen LogP contribution in [0.3, 0.4) is 0 Å². The third-order valence-electron chi connectivity index (χ3n) is 4.66. The molecule has 3 nitrogen and oxygen atoms in total. The number of thiophene rings is 1. The molecule has 1 saturated carbocycles. The molecular weight excluding hydrogens is 266 g/mol. The van der Waals surface area contributed by atoms with Crippen LogP contribution in [0.1, 0.15) is 43.8 Å².